The Labute approximate surface area is 96.8 Å². The number of aliphatic hydroxyl groups is 1. The van der Waals surface area contributed by atoms with Gasteiger partial charge in [-0.15, -0.1) is 0 Å². The van der Waals surface area contributed by atoms with Gasteiger partial charge in [0.1, 0.15) is 17.2 Å². The highest BCUT2D eigenvalue weighted by Crippen LogP contribution is 2.34. The molecule has 0 bridgehead atoms. The lowest BCUT2D eigenvalue weighted by molar-refractivity contribution is -0.160. The lowest BCUT2D eigenvalue weighted by Gasteiger charge is -2.29. The van der Waals surface area contributed by atoms with E-state index in [0.29, 0.717) is 0 Å². The second-order valence-electron chi connectivity index (χ2n) is 3.11. The molecule has 1 N–H and O–H groups in total. The second-order valence-corrected chi connectivity index (χ2v) is 3.11. The van der Waals surface area contributed by atoms with E-state index in [9.17, 15) is 14.7 Å². The normalized spacial score (nSPS) is 23.4. The van der Waals surface area contributed by atoms with Crippen LogP contribution in [0.25, 0.3) is 0 Å². The van der Waals surface area contributed by atoms with Crippen molar-refractivity contribution < 1.29 is 24.2 Å². The maximum atomic E-state index is 10.2. The average molecular weight is 238 g/mol. The van der Waals surface area contributed by atoms with E-state index in [4.69, 9.17) is 9.47 Å². The van der Waals surface area contributed by atoms with Crippen molar-refractivity contribution in [3.8, 4) is 0 Å². The highest BCUT2D eigenvalue weighted by Gasteiger charge is 2.38. The van der Waals surface area contributed by atoms with E-state index in [2.05, 4.69) is 9.98 Å². The molecule has 0 aromatic carbocycles. The van der Waals surface area contributed by atoms with Gasteiger partial charge < -0.3 is 14.6 Å². The van der Waals surface area contributed by atoms with E-state index >= 15 is 0 Å². The van der Waals surface area contributed by atoms with Gasteiger partial charge >= 0.3 is 0 Å². The van der Waals surface area contributed by atoms with Gasteiger partial charge in [-0.25, -0.2) is 9.59 Å². The molecule has 1 unspecified atom stereocenters. The molecule has 0 radical (unpaired) electrons. The fourth-order valence-electron chi connectivity index (χ4n) is 1.39. The van der Waals surface area contributed by atoms with Crippen LogP contribution in [-0.4, -0.2) is 37.3 Å². The number of ether oxygens (including phenoxy) is 2. The lowest BCUT2D eigenvalue weighted by Crippen LogP contribution is -2.36. The third-order valence-corrected chi connectivity index (χ3v) is 2.28. The quantitative estimate of drug-likeness (QED) is 0.426. The molecule has 0 spiro atoms. The maximum absolute atomic E-state index is 10.2. The molecule has 0 heterocycles. The summed E-state index contributed by atoms with van der Waals surface area (Å²) < 4.78 is 9.82. The first kappa shape index (κ1) is 13.0. The third kappa shape index (κ3) is 2.55. The van der Waals surface area contributed by atoms with Crippen LogP contribution in [-0.2, 0) is 19.1 Å². The highest BCUT2D eigenvalue weighted by atomic mass is 16.6. The summed E-state index contributed by atoms with van der Waals surface area (Å²) in [5.74, 6) is -1.58. The molecular formula is C10H10N2O5. The molecule has 0 saturated carbocycles. The summed E-state index contributed by atoms with van der Waals surface area (Å²) in [4.78, 5) is 27.1. The molecule has 7 nitrogen and oxygen atoms in total. The number of nitrogens with zero attached hydrogens (tertiary/aromatic N) is 2. The Morgan fingerprint density at radius 1 is 1.35 bits per heavy atom. The number of methoxy groups -OCH3 is 2. The fourth-order valence-corrected chi connectivity index (χ4v) is 1.39. The molecule has 0 saturated heterocycles. The second kappa shape index (κ2) is 5.34. The summed E-state index contributed by atoms with van der Waals surface area (Å²) in [6.45, 7) is 0. The first-order valence-electron chi connectivity index (χ1n) is 4.54. The van der Waals surface area contributed by atoms with Crippen molar-refractivity contribution in [3.05, 3.63) is 23.2 Å². The van der Waals surface area contributed by atoms with Gasteiger partial charge in [0.15, 0.2) is 0 Å². The van der Waals surface area contributed by atoms with Gasteiger partial charge in [-0.1, -0.05) is 0 Å². The van der Waals surface area contributed by atoms with Gasteiger partial charge in [-0.05, 0) is 6.08 Å². The largest absolute Gasteiger partial charge is 0.499 e. The van der Waals surface area contributed by atoms with Crippen LogP contribution in [0, 0.1) is 0 Å². The smallest absolute Gasteiger partial charge is 0.240 e. The van der Waals surface area contributed by atoms with Crippen LogP contribution in [0.5, 0.6) is 0 Å². The van der Waals surface area contributed by atoms with Crippen molar-refractivity contribution in [1.82, 2.24) is 0 Å². The molecule has 17 heavy (non-hydrogen) atoms. The number of aliphatic imine (C=N–C) groups is 2. The van der Waals surface area contributed by atoms with Gasteiger partial charge in [0.25, 0.3) is 0 Å². The Hall–Kier alpha value is -2.04. The van der Waals surface area contributed by atoms with Crippen molar-refractivity contribution >= 4 is 12.2 Å². The predicted octanol–water partition coefficient (Wildman–Crippen LogP) is 0.139. The van der Waals surface area contributed by atoms with E-state index in [1.165, 1.54) is 32.5 Å². The zero-order valence-electron chi connectivity index (χ0n) is 9.26. The van der Waals surface area contributed by atoms with Gasteiger partial charge in [0, 0.05) is 7.11 Å². The topological polar surface area (TPSA) is 97.6 Å². The maximum Gasteiger partial charge on any atom is 0.240 e. The summed E-state index contributed by atoms with van der Waals surface area (Å²) in [6, 6.07) is 0. The molecule has 90 valence electrons. The molecule has 7 heteroatoms. The van der Waals surface area contributed by atoms with E-state index in [-0.39, 0.29) is 23.6 Å². The minimum absolute atomic E-state index is 0.107. The third-order valence-electron chi connectivity index (χ3n) is 2.28. The van der Waals surface area contributed by atoms with E-state index in [1.54, 1.807) is 0 Å². The van der Waals surface area contributed by atoms with Gasteiger partial charge in [-0.3, -0.25) is 0 Å². The zero-order chi connectivity index (χ0) is 12.9. The molecule has 0 aromatic rings. The van der Waals surface area contributed by atoms with E-state index in [1.807, 2.05) is 0 Å². The van der Waals surface area contributed by atoms with Crippen molar-refractivity contribution in [2.45, 2.75) is 12.2 Å². The Bertz CT molecular complexity index is 469. The Balaban J connectivity index is 3.33. The number of hydrogen-bond acceptors (Lipinski definition) is 7. The number of rotatable bonds is 4. The summed E-state index contributed by atoms with van der Waals surface area (Å²) in [5.41, 5.74) is 0.0167. The molecular weight excluding hydrogens is 228 g/mol. The van der Waals surface area contributed by atoms with E-state index < -0.39 is 5.79 Å². The van der Waals surface area contributed by atoms with Crippen LogP contribution >= 0.6 is 0 Å². The lowest BCUT2D eigenvalue weighted by atomic mass is 10.0. The number of isocyanates is 2. The molecule has 0 aromatic heterocycles. The fraction of sp³-hybridized carbons (Fsp3) is 0.400. The van der Waals surface area contributed by atoms with Crippen molar-refractivity contribution in [2.24, 2.45) is 9.98 Å². The molecule has 0 amide bonds. The zero-order valence-corrected chi connectivity index (χ0v) is 9.26. The Morgan fingerprint density at radius 2 is 2.00 bits per heavy atom. The first-order valence-corrected chi connectivity index (χ1v) is 4.54. The number of carbonyl (C=O) groups excluding carboxylic acids is 2. The van der Waals surface area contributed by atoms with Gasteiger partial charge in [0.05, 0.1) is 13.5 Å². The average Bonchev–Trinajstić information content (AvgIpc) is 2.33. The number of allylic oxidation sites excluding steroid dienone is 1. The van der Waals surface area contributed by atoms with Gasteiger partial charge in [0.2, 0.25) is 17.9 Å². The van der Waals surface area contributed by atoms with Gasteiger partial charge in [-0.2, -0.15) is 9.98 Å². The Kier molecular flexibility index (Phi) is 4.09. The molecule has 0 fully saturated rings. The van der Waals surface area contributed by atoms with Crippen LogP contribution < -0.4 is 0 Å². The van der Waals surface area contributed by atoms with E-state index in [0.717, 1.165) is 0 Å². The SMILES string of the molecule is COC1=C(N=C=O)C=C(N=C=O)C(O)(OC)C1. The van der Waals surface area contributed by atoms with Crippen molar-refractivity contribution in [1.29, 1.82) is 0 Å². The van der Waals surface area contributed by atoms with Crippen LogP contribution in [0.15, 0.2) is 33.2 Å². The highest BCUT2D eigenvalue weighted by molar-refractivity contribution is 5.47. The monoisotopic (exact) mass is 238 g/mol. The summed E-state index contributed by atoms with van der Waals surface area (Å²) in [7, 11) is 2.60. The molecule has 0 aliphatic heterocycles. The van der Waals surface area contributed by atoms with Crippen LogP contribution in [0.3, 0.4) is 0 Å². The molecule has 1 aliphatic rings. The Morgan fingerprint density at radius 3 is 2.47 bits per heavy atom. The minimum Gasteiger partial charge on any atom is -0.499 e. The molecule has 1 rings (SSSR count). The number of hydrogen-bond donors (Lipinski definition) is 1. The van der Waals surface area contributed by atoms with Crippen LogP contribution in [0.2, 0.25) is 0 Å². The molecule has 1 aliphatic carbocycles. The van der Waals surface area contributed by atoms with Crippen molar-refractivity contribution in [3.63, 3.8) is 0 Å². The van der Waals surface area contributed by atoms with Crippen LogP contribution in [0.1, 0.15) is 6.42 Å². The standard InChI is InChI=1S/C10H10N2O5/c1-16-8-4-10(15,17-2)9(12-6-14)3-7(8)11-5-13/h3,15H,4H2,1-2H3. The molecule has 1 atom stereocenters. The summed E-state index contributed by atoms with van der Waals surface area (Å²) >= 11 is 0. The first-order chi connectivity index (χ1) is 8.11. The summed E-state index contributed by atoms with van der Waals surface area (Å²) in [5, 5.41) is 10.0. The van der Waals surface area contributed by atoms with Crippen molar-refractivity contribution in [2.75, 3.05) is 14.2 Å². The summed E-state index contributed by atoms with van der Waals surface area (Å²) in [6.07, 6.45) is 3.69. The minimum atomic E-state index is -1.80. The predicted molar refractivity (Wildman–Crippen MR) is 54.9 cm³/mol. The van der Waals surface area contributed by atoms with Crippen LogP contribution in [0.4, 0.5) is 0 Å².